The van der Waals surface area contributed by atoms with Gasteiger partial charge in [0.15, 0.2) is 0 Å². The number of halogens is 3. The second-order valence-corrected chi connectivity index (χ2v) is 5.17. The van der Waals surface area contributed by atoms with Gasteiger partial charge in [-0.1, -0.05) is 17.7 Å². The molecule has 2 aromatic carbocycles. The molecule has 0 heterocycles. The molecule has 0 atom stereocenters. The van der Waals surface area contributed by atoms with Gasteiger partial charge in [-0.05, 0) is 51.8 Å². The van der Waals surface area contributed by atoms with Crippen molar-refractivity contribution in [1.29, 1.82) is 5.26 Å². The third-order valence-corrected chi connectivity index (χ3v) is 3.78. The lowest BCUT2D eigenvalue weighted by Crippen LogP contribution is -2.01. The Bertz CT molecular complexity index is 652. The molecule has 0 amide bonds. The van der Waals surface area contributed by atoms with Crippen molar-refractivity contribution in [3.05, 3.63) is 62.8 Å². The molecule has 0 aliphatic rings. The average molecular weight is 340 g/mol. The van der Waals surface area contributed by atoms with Crippen molar-refractivity contribution in [3.8, 4) is 6.07 Å². The molecule has 2 rings (SSSR count). The van der Waals surface area contributed by atoms with Crippen molar-refractivity contribution < 1.29 is 4.39 Å². The predicted octanol–water partition coefficient (Wildman–Crippen LogP) is 4.73. The molecule has 19 heavy (non-hydrogen) atoms. The van der Waals surface area contributed by atoms with Crippen molar-refractivity contribution in [2.75, 3.05) is 5.32 Å². The highest BCUT2D eigenvalue weighted by molar-refractivity contribution is 9.10. The number of hydrogen-bond acceptors (Lipinski definition) is 2. The fourth-order valence-electron chi connectivity index (χ4n) is 1.57. The highest BCUT2D eigenvalue weighted by atomic mass is 79.9. The van der Waals surface area contributed by atoms with Crippen LogP contribution >= 0.6 is 27.5 Å². The molecular formula is C14H9BrClFN2. The highest BCUT2D eigenvalue weighted by Gasteiger charge is 2.04. The van der Waals surface area contributed by atoms with Gasteiger partial charge < -0.3 is 5.32 Å². The largest absolute Gasteiger partial charge is 0.379 e. The summed E-state index contributed by atoms with van der Waals surface area (Å²) in [5.74, 6) is -0.438. The molecule has 2 nitrogen and oxygen atoms in total. The zero-order valence-electron chi connectivity index (χ0n) is 9.75. The van der Waals surface area contributed by atoms with Crippen LogP contribution in [0.2, 0.25) is 5.02 Å². The van der Waals surface area contributed by atoms with Gasteiger partial charge in [-0.15, -0.1) is 0 Å². The van der Waals surface area contributed by atoms with Crippen molar-refractivity contribution in [3.63, 3.8) is 0 Å². The van der Waals surface area contributed by atoms with Crippen molar-refractivity contribution in [2.45, 2.75) is 6.54 Å². The van der Waals surface area contributed by atoms with Crippen LogP contribution in [-0.4, -0.2) is 0 Å². The van der Waals surface area contributed by atoms with Gasteiger partial charge in [0.1, 0.15) is 5.82 Å². The van der Waals surface area contributed by atoms with Crippen LogP contribution in [0.4, 0.5) is 10.1 Å². The molecule has 96 valence electrons. The summed E-state index contributed by atoms with van der Waals surface area (Å²) in [5, 5.41) is 12.3. The molecule has 2 aromatic rings. The summed E-state index contributed by atoms with van der Waals surface area (Å²) in [4.78, 5) is 0. The second kappa shape index (κ2) is 6.05. The van der Waals surface area contributed by atoms with E-state index in [4.69, 9.17) is 16.9 Å². The van der Waals surface area contributed by atoms with E-state index in [2.05, 4.69) is 21.2 Å². The molecule has 0 unspecified atom stereocenters. The van der Waals surface area contributed by atoms with Crippen molar-refractivity contribution in [1.82, 2.24) is 0 Å². The SMILES string of the molecule is N#Cc1ccc(NCc2ccc(Cl)c(Br)c2)c(F)c1. The van der Waals surface area contributed by atoms with E-state index in [9.17, 15) is 4.39 Å². The number of hydrogen-bond donors (Lipinski definition) is 1. The smallest absolute Gasteiger partial charge is 0.147 e. The predicted molar refractivity (Wildman–Crippen MR) is 77.6 cm³/mol. The van der Waals surface area contributed by atoms with Crippen molar-refractivity contribution in [2.24, 2.45) is 0 Å². The second-order valence-electron chi connectivity index (χ2n) is 3.91. The third kappa shape index (κ3) is 3.46. The number of benzene rings is 2. The van der Waals surface area contributed by atoms with E-state index in [-0.39, 0.29) is 0 Å². The molecule has 0 bridgehead atoms. The maximum absolute atomic E-state index is 13.6. The maximum Gasteiger partial charge on any atom is 0.147 e. The Morgan fingerprint density at radius 1 is 1.26 bits per heavy atom. The van der Waals surface area contributed by atoms with Gasteiger partial charge in [0.05, 0.1) is 22.3 Å². The Hall–Kier alpha value is -1.57. The van der Waals surface area contributed by atoms with Gasteiger partial charge in [-0.25, -0.2) is 4.39 Å². The summed E-state index contributed by atoms with van der Waals surface area (Å²) < 4.78 is 14.4. The summed E-state index contributed by atoms with van der Waals surface area (Å²) >= 11 is 9.23. The van der Waals surface area contributed by atoms with E-state index >= 15 is 0 Å². The van der Waals surface area contributed by atoms with E-state index in [1.165, 1.54) is 6.07 Å². The molecular weight excluding hydrogens is 331 g/mol. The topological polar surface area (TPSA) is 35.8 Å². The number of anilines is 1. The molecule has 0 aliphatic carbocycles. The number of nitrogens with zero attached hydrogens (tertiary/aromatic N) is 1. The Morgan fingerprint density at radius 2 is 2.05 bits per heavy atom. The van der Waals surface area contributed by atoms with Crippen LogP contribution < -0.4 is 5.32 Å². The fourth-order valence-corrected chi connectivity index (χ4v) is 2.12. The fraction of sp³-hybridized carbons (Fsp3) is 0.0714. The Kier molecular flexibility index (Phi) is 4.41. The summed E-state index contributed by atoms with van der Waals surface area (Å²) in [5.41, 5.74) is 1.64. The Balaban J connectivity index is 2.10. The van der Waals surface area contributed by atoms with Crippen molar-refractivity contribution >= 4 is 33.2 Å². The quantitative estimate of drug-likeness (QED) is 0.878. The molecule has 0 spiro atoms. The Labute approximate surface area is 123 Å². The van der Waals surface area contributed by atoms with Gasteiger partial charge in [0.25, 0.3) is 0 Å². The molecule has 0 radical (unpaired) electrons. The van der Waals surface area contributed by atoms with E-state index in [1.54, 1.807) is 18.2 Å². The highest BCUT2D eigenvalue weighted by Crippen LogP contribution is 2.24. The minimum absolute atomic E-state index is 0.303. The van der Waals surface area contributed by atoms with E-state index in [0.29, 0.717) is 22.8 Å². The monoisotopic (exact) mass is 338 g/mol. The summed E-state index contributed by atoms with van der Waals surface area (Å²) in [6, 6.07) is 11.7. The zero-order chi connectivity index (χ0) is 13.8. The number of nitrogens with one attached hydrogen (secondary N) is 1. The van der Waals surface area contributed by atoms with Crippen LogP contribution in [0.5, 0.6) is 0 Å². The van der Waals surface area contributed by atoms with E-state index < -0.39 is 5.82 Å². The van der Waals surface area contributed by atoms with Gasteiger partial charge in [0, 0.05) is 11.0 Å². The van der Waals surface area contributed by atoms with Gasteiger partial charge in [-0.3, -0.25) is 0 Å². The summed E-state index contributed by atoms with van der Waals surface area (Å²) in [7, 11) is 0. The summed E-state index contributed by atoms with van der Waals surface area (Å²) in [6.07, 6.45) is 0. The van der Waals surface area contributed by atoms with Crippen LogP contribution in [0.3, 0.4) is 0 Å². The lowest BCUT2D eigenvalue weighted by Gasteiger charge is -2.08. The lowest BCUT2D eigenvalue weighted by molar-refractivity contribution is 0.629. The van der Waals surface area contributed by atoms with Crippen LogP contribution in [0.25, 0.3) is 0 Å². The van der Waals surface area contributed by atoms with Crippen LogP contribution in [0.15, 0.2) is 40.9 Å². The Morgan fingerprint density at radius 3 is 2.68 bits per heavy atom. The third-order valence-electron chi connectivity index (χ3n) is 2.57. The van der Waals surface area contributed by atoms with Gasteiger partial charge >= 0.3 is 0 Å². The zero-order valence-corrected chi connectivity index (χ0v) is 12.1. The normalized spacial score (nSPS) is 10.0. The van der Waals surface area contributed by atoms with Gasteiger partial charge in [-0.2, -0.15) is 5.26 Å². The van der Waals surface area contributed by atoms with E-state index in [1.807, 2.05) is 18.2 Å². The first-order valence-electron chi connectivity index (χ1n) is 5.47. The van der Waals surface area contributed by atoms with Gasteiger partial charge in [0.2, 0.25) is 0 Å². The minimum Gasteiger partial charge on any atom is -0.379 e. The average Bonchev–Trinajstić information content (AvgIpc) is 2.41. The van der Waals surface area contributed by atoms with Crippen LogP contribution in [0.1, 0.15) is 11.1 Å². The molecule has 0 saturated heterocycles. The molecule has 0 fully saturated rings. The molecule has 0 saturated carbocycles. The molecule has 0 aromatic heterocycles. The molecule has 0 aliphatic heterocycles. The van der Waals surface area contributed by atoms with Crippen LogP contribution in [-0.2, 0) is 6.54 Å². The number of rotatable bonds is 3. The molecule has 5 heteroatoms. The maximum atomic E-state index is 13.6. The summed E-state index contributed by atoms with van der Waals surface area (Å²) in [6.45, 7) is 0.471. The van der Waals surface area contributed by atoms with E-state index in [0.717, 1.165) is 10.0 Å². The lowest BCUT2D eigenvalue weighted by atomic mass is 10.2. The standard InChI is InChI=1S/C14H9BrClFN2/c15-11-5-10(1-3-12(11)16)8-19-14-4-2-9(7-18)6-13(14)17/h1-6,19H,8H2. The van der Waals surface area contributed by atoms with Crippen LogP contribution in [0, 0.1) is 17.1 Å². The first-order valence-corrected chi connectivity index (χ1v) is 6.64. The molecule has 1 N–H and O–H groups in total. The first-order chi connectivity index (χ1) is 9.10. The first kappa shape index (κ1) is 13.9. The number of nitriles is 1. The minimum atomic E-state index is -0.438.